The largest absolute Gasteiger partial charge is 0.383 e. The maximum atomic E-state index is 6.45. The van der Waals surface area contributed by atoms with E-state index in [9.17, 15) is 0 Å². The van der Waals surface area contributed by atoms with E-state index in [2.05, 4.69) is 153 Å². The van der Waals surface area contributed by atoms with E-state index < -0.39 is 0 Å². The number of aliphatic imine (C=N–C) groups is 2. The predicted molar refractivity (Wildman–Crippen MR) is 255 cm³/mol. The molecule has 1 unspecified atom stereocenters. The van der Waals surface area contributed by atoms with Crippen LogP contribution in [0, 0.1) is 0 Å². The SMILES string of the molecule is CC(N=C(N=C(N)c1ccccc1)c1ccccc1)c1ccc(-c2ccc(-c3ccc4ccc5c(-c6cccc7ccccc67)cc(-c6ccccc6)nc5c4n3)cc2)cc1. The zero-order valence-corrected chi connectivity index (χ0v) is 33.7. The molecule has 10 aromatic rings. The van der Waals surface area contributed by atoms with Crippen LogP contribution in [-0.2, 0) is 0 Å². The summed E-state index contributed by atoms with van der Waals surface area (Å²) in [7, 11) is 0. The molecule has 0 aliphatic rings. The highest BCUT2D eigenvalue weighted by atomic mass is 15.0. The minimum Gasteiger partial charge on any atom is -0.383 e. The van der Waals surface area contributed by atoms with Crippen LogP contribution in [0.2, 0.25) is 0 Å². The van der Waals surface area contributed by atoms with Gasteiger partial charge in [-0.3, -0.25) is 4.99 Å². The van der Waals surface area contributed by atoms with Crippen molar-refractivity contribution >= 4 is 44.2 Å². The summed E-state index contributed by atoms with van der Waals surface area (Å²) in [4.78, 5) is 20.5. The van der Waals surface area contributed by atoms with Gasteiger partial charge in [-0.15, -0.1) is 0 Å². The number of pyridine rings is 2. The van der Waals surface area contributed by atoms with Crippen LogP contribution >= 0.6 is 0 Å². The van der Waals surface area contributed by atoms with Crippen LogP contribution < -0.4 is 5.73 Å². The third kappa shape index (κ3) is 7.57. The highest BCUT2D eigenvalue weighted by molar-refractivity contribution is 6.13. The van der Waals surface area contributed by atoms with Gasteiger partial charge in [-0.25, -0.2) is 15.0 Å². The van der Waals surface area contributed by atoms with Gasteiger partial charge in [-0.05, 0) is 57.6 Å². The van der Waals surface area contributed by atoms with Crippen LogP contribution in [0.5, 0.6) is 0 Å². The maximum absolute atomic E-state index is 6.45. The fourth-order valence-corrected chi connectivity index (χ4v) is 8.06. The van der Waals surface area contributed by atoms with E-state index in [0.29, 0.717) is 11.7 Å². The zero-order chi connectivity index (χ0) is 41.1. The number of amidine groups is 2. The molecule has 0 fully saturated rings. The smallest absolute Gasteiger partial charge is 0.157 e. The van der Waals surface area contributed by atoms with Crippen LogP contribution in [0.3, 0.4) is 0 Å². The number of hydrogen-bond donors (Lipinski definition) is 1. The molecule has 290 valence electrons. The summed E-state index contributed by atoms with van der Waals surface area (Å²) in [5.74, 6) is 1.03. The third-order valence-corrected chi connectivity index (χ3v) is 11.3. The molecule has 1 atom stereocenters. The molecule has 2 heterocycles. The van der Waals surface area contributed by atoms with Crippen molar-refractivity contribution < 1.29 is 0 Å². The Morgan fingerprint density at radius 2 is 1.02 bits per heavy atom. The molecule has 0 saturated heterocycles. The highest BCUT2D eigenvalue weighted by Crippen LogP contribution is 2.39. The third-order valence-electron chi connectivity index (χ3n) is 11.3. The summed E-state index contributed by atoms with van der Waals surface area (Å²) < 4.78 is 0. The van der Waals surface area contributed by atoms with Crippen molar-refractivity contribution in [3.63, 3.8) is 0 Å². The first-order valence-corrected chi connectivity index (χ1v) is 20.6. The summed E-state index contributed by atoms with van der Waals surface area (Å²) in [5, 5.41) is 4.55. The second-order valence-corrected chi connectivity index (χ2v) is 15.2. The van der Waals surface area contributed by atoms with E-state index in [1.165, 1.54) is 16.3 Å². The molecule has 0 radical (unpaired) electrons. The summed E-state index contributed by atoms with van der Waals surface area (Å²) >= 11 is 0. The second kappa shape index (κ2) is 16.3. The molecular formula is C56H41N5. The van der Waals surface area contributed by atoms with E-state index >= 15 is 0 Å². The Bertz CT molecular complexity index is 3230. The molecule has 61 heavy (non-hydrogen) atoms. The molecule has 0 bridgehead atoms. The van der Waals surface area contributed by atoms with Crippen LogP contribution in [-0.4, -0.2) is 21.6 Å². The van der Waals surface area contributed by atoms with Crippen molar-refractivity contribution in [3.05, 3.63) is 229 Å². The van der Waals surface area contributed by atoms with Crippen molar-refractivity contribution in [1.29, 1.82) is 0 Å². The number of nitrogens with zero attached hydrogens (tertiary/aromatic N) is 4. The Morgan fingerprint density at radius 3 is 1.75 bits per heavy atom. The minimum absolute atomic E-state index is 0.143. The van der Waals surface area contributed by atoms with E-state index in [1.54, 1.807) is 0 Å². The van der Waals surface area contributed by atoms with Crippen molar-refractivity contribution in [3.8, 4) is 44.8 Å². The number of nitrogens with two attached hydrogens (primary N) is 1. The number of fused-ring (bicyclic) bond motifs is 4. The Kier molecular flexibility index (Phi) is 9.97. The number of benzene rings is 8. The first-order chi connectivity index (χ1) is 30.1. The zero-order valence-electron chi connectivity index (χ0n) is 33.7. The summed E-state index contributed by atoms with van der Waals surface area (Å²) in [5.41, 5.74) is 19.6. The van der Waals surface area contributed by atoms with E-state index in [0.717, 1.165) is 77.7 Å². The second-order valence-electron chi connectivity index (χ2n) is 15.2. The van der Waals surface area contributed by atoms with Gasteiger partial charge >= 0.3 is 0 Å². The first-order valence-electron chi connectivity index (χ1n) is 20.6. The monoisotopic (exact) mass is 783 g/mol. The van der Waals surface area contributed by atoms with Crippen molar-refractivity contribution in [2.75, 3.05) is 0 Å². The van der Waals surface area contributed by atoms with Gasteiger partial charge in [0.15, 0.2) is 5.84 Å². The predicted octanol–water partition coefficient (Wildman–Crippen LogP) is 13.5. The Labute approximate surface area is 355 Å². The van der Waals surface area contributed by atoms with Gasteiger partial charge in [0.25, 0.3) is 0 Å². The molecule has 0 spiro atoms. The number of rotatable bonds is 8. The van der Waals surface area contributed by atoms with Crippen molar-refractivity contribution in [2.24, 2.45) is 15.7 Å². The fourth-order valence-electron chi connectivity index (χ4n) is 8.06. The summed E-state index contributed by atoms with van der Waals surface area (Å²) in [6, 6.07) is 73.2. The summed E-state index contributed by atoms with van der Waals surface area (Å²) in [6.45, 7) is 2.09. The van der Waals surface area contributed by atoms with Crippen LogP contribution in [0.1, 0.15) is 29.7 Å². The van der Waals surface area contributed by atoms with Crippen molar-refractivity contribution in [1.82, 2.24) is 9.97 Å². The lowest BCUT2D eigenvalue weighted by Crippen LogP contribution is -2.16. The van der Waals surface area contributed by atoms with E-state index in [4.69, 9.17) is 25.7 Å². The van der Waals surface area contributed by atoms with E-state index in [-0.39, 0.29) is 6.04 Å². The van der Waals surface area contributed by atoms with Gasteiger partial charge in [0.1, 0.15) is 5.84 Å². The molecule has 0 amide bonds. The van der Waals surface area contributed by atoms with Gasteiger partial charge < -0.3 is 5.73 Å². The number of aromatic nitrogens is 2. The average molecular weight is 784 g/mol. The van der Waals surface area contributed by atoms with E-state index in [1.807, 2.05) is 66.7 Å². The average Bonchev–Trinajstić information content (AvgIpc) is 3.34. The first kappa shape index (κ1) is 37.3. The summed E-state index contributed by atoms with van der Waals surface area (Å²) in [6.07, 6.45) is 0. The van der Waals surface area contributed by atoms with Gasteiger partial charge in [-0.1, -0.05) is 200 Å². The number of hydrogen-bond acceptors (Lipinski definition) is 3. The van der Waals surface area contributed by atoms with Crippen LogP contribution in [0.25, 0.3) is 77.3 Å². The fraction of sp³-hybridized carbons (Fsp3) is 0.0357. The standard InChI is InChI=1S/C56H41N5/c1-37(58-56(46-19-9-4-10-20-46)61-55(57)45-17-7-3-8-18-45)38-24-26-39(27-25-38)40-28-30-43(31-29-40)51-35-33-44-32-34-49-50(48-23-13-21-41-14-11-12-22-47(41)48)36-52(42-15-5-2-6-16-42)60-54(49)53(44)59-51/h2-37H,1H3,(H2,57,58,61). The molecule has 0 saturated carbocycles. The quantitative estimate of drug-likeness (QED) is 0.0947. The van der Waals surface area contributed by atoms with Gasteiger partial charge in [0.2, 0.25) is 0 Å². The van der Waals surface area contributed by atoms with Gasteiger partial charge in [-0.2, -0.15) is 0 Å². The van der Waals surface area contributed by atoms with Gasteiger partial charge in [0, 0.05) is 33.0 Å². The lowest BCUT2D eigenvalue weighted by molar-refractivity contribution is 0.818. The topological polar surface area (TPSA) is 76.5 Å². The van der Waals surface area contributed by atoms with Crippen LogP contribution in [0.4, 0.5) is 0 Å². The van der Waals surface area contributed by atoms with Gasteiger partial charge in [0.05, 0.1) is 28.5 Å². The lowest BCUT2D eigenvalue weighted by atomic mass is 9.93. The molecule has 2 N–H and O–H groups in total. The molecule has 8 aromatic carbocycles. The molecule has 0 aliphatic heterocycles. The molecule has 0 aliphatic carbocycles. The molecule has 10 rings (SSSR count). The normalized spacial score (nSPS) is 12.5. The molecule has 5 heteroatoms. The van der Waals surface area contributed by atoms with Crippen LogP contribution in [0.15, 0.2) is 222 Å². The molecular weight excluding hydrogens is 743 g/mol. The highest BCUT2D eigenvalue weighted by Gasteiger charge is 2.16. The maximum Gasteiger partial charge on any atom is 0.157 e. The Hall–Kier alpha value is -8.02. The molecule has 5 nitrogen and oxygen atoms in total. The van der Waals surface area contributed by atoms with Crippen molar-refractivity contribution in [2.45, 2.75) is 13.0 Å². The molecule has 2 aromatic heterocycles. The Balaban J connectivity index is 0.971. The Morgan fingerprint density at radius 1 is 0.443 bits per heavy atom. The lowest BCUT2D eigenvalue weighted by Gasteiger charge is -2.14. The minimum atomic E-state index is -0.143.